The number of rotatable bonds is 3. The molecule has 0 bridgehead atoms. The van der Waals surface area contributed by atoms with Crippen molar-refractivity contribution in [3.8, 4) is 11.6 Å². The Morgan fingerprint density at radius 3 is 2.84 bits per heavy atom. The third-order valence-electron chi connectivity index (χ3n) is 4.33. The lowest BCUT2D eigenvalue weighted by atomic mass is 9.97. The van der Waals surface area contributed by atoms with Gasteiger partial charge in [-0.2, -0.15) is 4.98 Å². The van der Waals surface area contributed by atoms with Crippen molar-refractivity contribution in [3.05, 3.63) is 60.3 Å². The van der Waals surface area contributed by atoms with E-state index in [-0.39, 0.29) is 11.8 Å². The molecule has 0 aliphatic carbocycles. The maximum Gasteiger partial charge on any atom is 0.276 e. The summed E-state index contributed by atoms with van der Waals surface area (Å²) in [6.45, 7) is 1.32. The number of likely N-dealkylation sites (tertiary alicyclic amines) is 1. The number of pyridine rings is 2. The van der Waals surface area contributed by atoms with Crippen molar-refractivity contribution in [2.45, 2.75) is 18.8 Å². The van der Waals surface area contributed by atoms with Gasteiger partial charge in [0.2, 0.25) is 0 Å². The van der Waals surface area contributed by atoms with Crippen LogP contribution >= 0.6 is 0 Å². The first kappa shape index (κ1) is 15.4. The summed E-state index contributed by atoms with van der Waals surface area (Å²) in [7, 11) is 0. The van der Waals surface area contributed by atoms with E-state index < -0.39 is 0 Å². The molecule has 0 aromatic carbocycles. The number of nitrogens with zero attached hydrogens (tertiary/aromatic N) is 5. The summed E-state index contributed by atoms with van der Waals surface area (Å²) >= 11 is 0. The molecule has 0 radical (unpaired) electrons. The van der Waals surface area contributed by atoms with Crippen molar-refractivity contribution in [1.29, 1.82) is 0 Å². The molecule has 1 fully saturated rings. The Labute approximate surface area is 144 Å². The van der Waals surface area contributed by atoms with Gasteiger partial charge in [0.05, 0.1) is 0 Å². The van der Waals surface area contributed by atoms with Crippen LogP contribution in [-0.2, 0) is 0 Å². The number of carbonyl (C=O) groups excluding carboxylic acids is 1. The normalized spacial score (nSPS) is 17.4. The highest BCUT2D eigenvalue weighted by Crippen LogP contribution is 2.27. The van der Waals surface area contributed by atoms with Crippen LogP contribution in [0.25, 0.3) is 11.6 Å². The molecule has 1 saturated heterocycles. The average Bonchev–Trinajstić information content (AvgIpc) is 3.19. The maximum atomic E-state index is 12.6. The predicted molar refractivity (Wildman–Crippen MR) is 89.6 cm³/mol. The Kier molecular flexibility index (Phi) is 4.20. The van der Waals surface area contributed by atoms with E-state index in [1.54, 1.807) is 30.7 Å². The summed E-state index contributed by atoms with van der Waals surface area (Å²) < 4.78 is 5.35. The average molecular weight is 335 g/mol. The topological polar surface area (TPSA) is 85.0 Å². The lowest BCUT2D eigenvalue weighted by molar-refractivity contribution is 0.0703. The molecule has 25 heavy (non-hydrogen) atoms. The van der Waals surface area contributed by atoms with Gasteiger partial charge in [0, 0.05) is 43.2 Å². The van der Waals surface area contributed by atoms with E-state index >= 15 is 0 Å². The summed E-state index contributed by atoms with van der Waals surface area (Å²) in [4.78, 5) is 27.1. The van der Waals surface area contributed by atoms with E-state index in [9.17, 15) is 4.79 Å². The minimum absolute atomic E-state index is 0.0144. The largest absolute Gasteiger partial charge is 0.338 e. The fourth-order valence-corrected chi connectivity index (χ4v) is 3.04. The van der Waals surface area contributed by atoms with Gasteiger partial charge in [-0.3, -0.25) is 14.8 Å². The highest BCUT2D eigenvalue weighted by molar-refractivity contribution is 5.94. The SMILES string of the molecule is O=C(c1ccncc1)N1CCC[C@H](c2noc(-c3ccccn3)n2)C1. The van der Waals surface area contributed by atoms with Crippen molar-refractivity contribution in [1.82, 2.24) is 25.0 Å². The molecule has 7 nitrogen and oxygen atoms in total. The Bertz CT molecular complexity index is 850. The first-order valence-electron chi connectivity index (χ1n) is 8.25. The molecule has 0 unspecified atom stereocenters. The molecule has 0 N–H and O–H groups in total. The quantitative estimate of drug-likeness (QED) is 0.731. The second-order valence-corrected chi connectivity index (χ2v) is 6.00. The third-order valence-corrected chi connectivity index (χ3v) is 4.33. The number of piperidine rings is 1. The third kappa shape index (κ3) is 3.26. The molecule has 1 amide bonds. The van der Waals surface area contributed by atoms with Crippen LogP contribution in [0.3, 0.4) is 0 Å². The van der Waals surface area contributed by atoms with Gasteiger partial charge in [-0.15, -0.1) is 0 Å². The highest BCUT2D eigenvalue weighted by Gasteiger charge is 2.28. The Balaban J connectivity index is 1.50. The number of hydrogen-bond acceptors (Lipinski definition) is 6. The molecule has 3 aromatic heterocycles. The van der Waals surface area contributed by atoms with Crippen LogP contribution in [0.4, 0.5) is 0 Å². The van der Waals surface area contributed by atoms with Crippen LogP contribution in [0.15, 0.2) is 53.4 Å². The first-order chi connectivity index (χ1) is 12.3. The van der Waals surface area contributed by atoms with Crippen LogP contribution in [0.1, 0.15) is 34.9 Å². The van der Waals surface area contributed by atoms with Crippen LogP contribution in [0, 0.1) is 0 Å². The molecule has 0 saturated carbocycles. The molecule has 126 valence electrons. The van der Waals surface area contributed by atoms with E-state index in [4.69, 9.17) is 4.52 Å². The van der Waals surface area contributed by atoms with Crippen LogP contribution < -0.4 is 0 Å². The molecule has 7 heteroatoms. The lowest BCUT2D eigenvalue weighted by Crippen LogP contribution is -2.39. The number of amides is 1. The molecule has 1 aliphatic rings. The van der Waals surface area contributed by atoms with E-state index in [0.29, 0.717) is 29.5 Å². The summed E-state index contributed by atoms with van der Waals surface area (Å²) in [5.74, 6) is 1.13. The van der Waals surface area contributed by atoms with Crippen LogP contribution in [0.2, 0.25) is 0 Å². The molecule has 0 spiro atoms. The zero-order valence-electron chi connectivity index (χ0n) is 13.6. The number of carbonyl (C=O) groups is 1. The van der Waals surface area contributed by atoms with Crippen molar-refractivity contribution < 1.29 is 9.32 Å². The van der Waals surface area contributed by atoms with Gasteiger partial charge in [-0.1, -0.05) is 11.2 Å². The molecule has 4 rings (SSSR count). The van der Waals surface area contributed by atoms with Gasteiger partial charge < -0.3 is 9.42 Å². The van der Waals surface area contributed by atoms with E-state index in [0.717, 1.165) is 19.4 Å². The number of aromatic nitrogens is 4. The van der Waals surface area contributed by atoms with Crippen molar-refractivity contribution in [3.63, 3.8) is 0 Å². The standard InChI is InChI=1S/C18H17N5O2/c24-18(13-6-9-19-10-7-13)23-11-3-4-14(12-23)16-21-17(25-22-16)15-5-1-2-8-20-15/h1-2,5-10,14H,3-4,11-12H2/t14-/m0/s1. The van der Waals surface area contributed by atoms with Crippen LogP contribution in [-0.4, -0.2) is 44.0 Å². The zero-order valence-corrected chi connectivity index (χ0v) is 13.6. The summed E-state index contributed by atoms with van der Waals surface area (Å²) in [6, 6.07) is 9.02. The summed E-state index contributed by atoms with van der Waals surface area (Å²) in [6.07, 6.45) is 6.80. The minimum atomic E-state index is 0.0144. The van der Waals surface area contributed by atoms with Crippen LogP contribution in [0.5, 0.6) is 0 Å². The van der Waals surface area contributed by atoms with E-state index in [1.807, 2.05) is 23.1 Å². The van der Waals surface area contributed by atoms with Gasteiger partial charge >= 0.3 is 0 Å². The Morgan fingerprint density at radius 1 is 1.16 bits per heavy atom. The summed E-state index contributed by atoms with van der Waals surface area (Å²) in [5.41, 5.74) is 1.31. The molecular weight excluding hydrogens is 318 g/mol. The first-order valence-corrected chi connectivity index (χ1v) is 8.25. The van der Waals surface area contributed by atoms with E-state index in [2.05, 4.69) is 20.1 Å². The van der Waals surface area contributed by atoms with Gasteiger partial charge in [-0.25, -0.2) is 0 Å². The second-order valence-electron chi connectivity index (χ2n) is 6.00. The molecule has 1 aliphatic heterocycles. The van der Waals surface area contributed by atoms with Gasteiger partial charge in [0.25, 0.3) is 11.8 Å². The fourth-order valence-electron chi connectivity index (χ4n) is 3.04. The van der Waals surface area contributed by atoms with E-state index in [1.165, 1.54) is 0 Å². The molecule has 4 heterocycles. The monoisotopic (exact) mass is 335 g/mol. The van der Waals surface area contributed by atoms with Gasteiger partial charge in [-0.05, 0) is 37.1 Å². The van der Waals surface area contributed by atoms with Crippen molar-refractivity contribution in [2.75, 3.05) is 13.1 Å². The fraction of sp³-hybridized carbons (Fsp3) is 0.278. The van der Waals surface area contributed by atoms with Crippen molar-refractivity contribution in [2.24, 2.45) is 0 Å². The van der Waals surface area contributed by atoms with Gasteiger partial charge in [0.15, 0.2) is 5.82 Å². The predicted octanol–water partition coefficient (Wildman–Crippen LogP) is 2.55. The smallest absolute Gasteiger partial charge is 0.276 e. The van der Waals surface area contributed by atoms with Gasteiger partial charge in [0.1, 0.15) is 5.69 Å². The summed E-state index contributed by atoms with van der Waals surface area (Å²) in [5, 5.41) is 4.11. The number of hydrogen-bond donors (Lipinski definition) is 0. The Hall–Kier alpha value is -3.09. The minimum Gasteiger partial charge on any atom is -0.338 e. The highest BCUT2D eigenvalue weighted by atomic mass is 16.5. The van der Waals surface area contributed by atoms with Crippen molar-refractivity contribution >= 4 is 5.91 Å². The maximum absolute atomic E-state index is 12.6. The lowest BCUT2D eigenvalue weighted by Gasteiger charge is -2.31. The molecule has 1 atom stereocenters. The Morgan fingerprint density at radius 2 is 2.04 bits per heavy atom. The molecule has 3 aromatic rings. The molecular formula is C18H17N5O2. The zero-order chi connectivity index (χ0) is 17.1. The second kappa shape index (κ2) is 6.80.